The van der Waals surface area contributed by atoms with Crippen LogP contribution in [0, 0.1) is 0 Å². The lowest BCUT2D eigenvalue weighted by molar-refractivity contribution is 0.0931. The zero-order valence-electron chi connectivity index (χ0n) is 14.2. The van der Waals surface area contributed by atoms with Gasteiger partial charge in [-0.05, 0) is 43.7 Å². The average molecular weight is 354 g/mol. The summed E-state index contributed by atoms with van der Waals surface area (Å²) in [7, 11) is 0. The van der Waals surface area contributed by atoms with Crippen LogP contribution in [0.25, 0.3) is 16.9 Å². The van der Waals surface area contributed by atoms with Gasteiger partial charge in [0.05, 0.1) is 11.4 Å². The van der Waals surface area contributed by atoms with Crippen LogP contribution in [-0.4, -0.2) is 21.7 Å². The molecule has 0 aliphatic heterocycles. The highest BCUT2D eigenvalue weighted by Crippen LogP contribution is 2.22. The first-order chi connectivity index (χ1) is 12.1. The molecular weight excluding hydrogens is 334 g/mol. The number of hydrogen-bond donors (Lipinski definition) is 1. The number of carbonyl (C=O) groups excluding carboxylic acids is 1. The van der Waals surface area contributed by atoms with Crippen LogP contribution in [0.15, 0.2) is 60.7 Å². The molecule has 25 heavy (non-hydrogen) atoms. The predicted molar refractivity (Wildman–Crippen MR) is 101 cm³/mol. The lowest BCUT2D eigenvalue weighted by Gasteiger charge is -2.12. The average Bonchev–Trinajstić information content (AvgIpc) is 3.08. The number of hydrogen-bond acceptors (Lipinski definition) is 2. The minimum Gasteiger partial charge on any atom is -0.348 e. The number of amides is 1. The molecule has 0 fully saturated rings. The fraction of sp³-hybridized carbons (Fsp3) is 0.200. The summed E-state index contributed by atoms with van der Waals surface area (Å²) >= 11 is 5.98. The van der Waals surface area contributed by atoms with Crippen molar-refractivity contribution in [2.24, 2.45) is 0 Å². The van der Waals surface area contributed by atoms with Gasteiger partial charge in [0.1, 0.15) is 5.69 Å². The maximum absolute atomic E-state index is 12.7. The number of halogens is 1. The zero-order valence-corrected chi connectivity index (χ0v) is 15.0. The van der Waals surface area contributed by atoms with E-state index in [1.165, 1.54) is 0 Å². The van der Waals surface area contributed by atoms with E-state index in [9.17, 15) is 4.79 Å². The van der Waals surface area contributed by atoms with Crippen molar-refractivity contribution in [2.45, 2.75) is 26.3 Å². The Morgan fingerprint density at radius 2 is 1.84 bits per heavy atom. The molecule has 0 bridgehead atoms. The van der Waals surface area contributed by atoms with Gasteiger partial charge >= 0.3 is 0 Å². The van der Waals surface area contributed by atoms with Crippen molar-refractivity contribution in [3.8, 4) is 16.9 Å². The van der Waals surface area contributed by atoms with Gasteiger partial charge in [0.15, 0.2) is 0 Å². The van der Waals surface area contributed by atoms with Crippen LogP contribution in [0.5, 0.6) is 0 Å². The minimum atomic E-state index is -0.140. The molecule has 0 unspecified atom stereocenters. The van der Waals surface area contributed by atoms with Gasteiger partial charge in [0.25, 0.3) is 5.91 Å². The first-order valence-electron chi connectivity index (χ1n) is 8.30. The number of nitrogens with zero attached hydrogens (tertiary/aromatic N) is 2. The van der Waals surface area contributed by atoms with Crippen molar-refractivity contribution in [2.75, 3.05) is 0 Å². The zero-order chi connectivity index (χ0) is 17.8. The SMILES string of the molecule is CC[C@@H](C)NC(=O)c1cc(-c2ccccc2)nn1-c1ccc(Cl)cc1. The number of benzene rings is 2. The smallest absolute Gasteiger partial charge is 0.270 e. The van der Waals surface area contributed by atoms with Crippen molar-refractivity contribution >= 4 is 17.5 Å². The first kappa shape index (κ1) is 17.2. The lowest BCUT2D eigenvalue weighted by atomic mass is 10.1. The molecule has 3 aromatic rings. The quantitative estimate of drug-likeness (QED) is 0.721. The van der Waals surface area contributed by atoms with Gasteiger partial charge in [-0.2, -0.15) is 5.10 Å². The molecule has 0 aliphatic rings. The lowest BCUT2D eigenvalue weighted by Crippen LogP contribution is -2.33. The first-order valence-corrected chi connectivity index (χ1v) is 8.68. The molecule has 1 heterocycles. The van der Waals surface area contributed by atoms with Crippen LogP contribution < -0.4 is 5.32 Å². The van der Waals surface area contributed by atoms with E-state index in [4.69, 9.17) is 11.6 Å². The summed E-state index contributed by atoms with van der Waals surface area (Å²) in [6, 6.07) is 19.0. The van der Waals surface area contributed by atoms with Crippen molar-refractivity contribution in [3.63, 3.8) is 0 Å². The Bertz CT molecular complexity index is 856. The number of rotatable bonds is 5. The summed E-state index contributed by atoms with van der Waals surface area (Å²) < 4.78 is 1.66. The summed E-state index contributed by atoms with van der Waals surface area (Å²) in [5.41, 5.74) is 3.01. The predicted octanol–water partition coefficient (Wildman–Crippen LogP) is 4.72. The second-order valence-corrected chi connectivity index (χ2v) is 6.39. The molecule has 0 saturated heterocycles. The monoisotopic (exact) mass is 353 g/mol. The Balaban J connectivity index is 2.06. The molecule has 4 nitrogen and oxygen atoms in total. The third-order valence-corrected chi connectivity index (χ3v) is 4.32. The van der Waals surface area contributed by atoms with E-state index in [-0.39, 0.29) is 11.9 Å². The molecule has 2 aromatic carbocycles. The maximum atomic E-state index is 12.7. The molecule has 0 saturated carbocycles. The van der Waals surface area contributed by atoms with Gasteiger partial charge in [0, 0.05) is 16.6 Å². The van der Waals surface area contributed by atoms with Crippen LogP contribution in [0.1, 0.15) is 30.8 Å². The van der Waals surface area contributed by atoms with E-state index in [1.54, 1.807) is 16.8 Å². The minimum absolute atomic E-state index is 0.0984. The summed E-state index contributed by atoms with van der Waals surface area (Å²) in [6.07, 6.45) is 0.867. The number of carbonyl (C=O) groups is 1. The molecule has 1 atom stereocenters. The van der Waals surface area contributed by atoms with Crippen molar-refractivity contribution in [1.29, 1.82) is 0 Å². The highest BCUT2D eigenvalue weighted by atomic mass is 35.5. The Hall–Kier alpha value is -2.59. The van der Waals surface area contributed by atoms with Crippen LogP contribution in [-0.2, 0) is 0 Å². The van der Waals surface area contributed by atoms with Crippen molar-refractivity contribution in [1.82, 2.24) is 15.1 Å². The molecule has 3 rings (SSSR count). The van der Waals surface area contributed by atoms with Gasteiger partial charge in [0.2, 0.25) is 0 Å². The molecule has 0 spiro atoms. The second kappa shape index (κ2) is 7.53. The van der Waals surface area contributed by atoms with Crippen LogP contribution in [0.3, 0.4) is 0 Å². The molecule has 0 radical (unpaired) electrons. The molecule has 5 heteroatoms. The fourth-order valence-electron chi connectivity index (χ4n) is 2.47. The van der Waals surface area contributed by atoms with Gasteiger partial charge in [-0.25, -0.2) is 4.68 Å². The summed E-state index contributed by atoms with van der Waals surface area (Å²) in [6.45, 7) is 4.02. The van der Waals surface area contributed by atoms with Gasteiger partial charge < -0.3 is 5.32 Å². The Kier molecular flexibility index (Phi) is 5.19. The Labute approximate surface area is 152 Å². The van der Waals surface area contributed by atoms with Gasteiger partial charge in [-0.3, -0.25) is 4.79 Å². The molecule has 0 aliphatic carbocycles. The largest absolute Gasteiger partial charge is 0.348 e. The summed E-state index contributed by atoms with van der Waals surface area (Å²) in [5, 5.41) is 8.30. The molecule has 1 amide bonds. The van der Waals surface area contributed by atoms with E-state index in [1.807, 2.05) is 62.4 Å². The van der Waals surface area contributed by atoms with Crippen LogP contribution in [0.2, 0.25) is 5.02 Å². The standard InChI is InChI=1S/C20H20ClN3O/c1-3-14(2)22-20(25)19-13-18(15-7-5-4-6-8-15)23-24(19)17-11-9-16(21)10-12-17/h4-14H,3H2,1-2H3,(H,22,25)/t14-/m1/s1. The third-order valence-electron chi connectivity index (χ3n) is 4.07. The number of aromatic nitrogens is 2. The molecule has 1 N–H and O–H groups in total. The van der Waals surface area contributed by atoms with Crippen LogP contribution in [0.4, 0.5) is 0 Å². The fourth-order valence-corrected chi connectivity index (χ4v) is 2.60. The third kappa shape index (κ3) is 3.91. The van der Waals surface area contributed by atoms with E-state index in [0.717, 1.165) is 23.4 Å². The maximum Gasteiger partial charge on any atom is 0.270 e. The molecule has 1 aromatic heterocycles. The van der Waals surface area contributed by atoms with E-state index >= 15 is 0 Å². The van der Waals surface area contributed by atoms with Gasteiger partial charge in [-0.15, -0.1) is 0 Å². The Morgan fingerprint density at radius 1 is 1.16 bits per heavy atom. The highest BCUT2D eigenvalue weighted by molar-refractivity contribution is 6.30. The van der Waals surface area contributed by atoms with Crippen molar-refractivity contribution in [3.05, 3.63) is 71.4 Å². The van der Waals surface area contributed by atoms with Crippen molar-refractivity contribution < 1.29 is 4.79 Å². The topological polar surface area (TPSA) is 46.9 Å². The van der Waals surface area contributed by atoms with E-state index < -0.39 is 0 Å². The second-order valence-electron chi connectivity index (χ2n) is 5.95. The summed E-state index contributed by atoms with van der Waals surface area (Å²) in [5.74, 6) is -0.140. The normalized spacial score (nSPS) is 12.0. The van der Waals surface area contributed by atoms with E-state index in [0.29, 0.717) is 10.7 Å². The van der Waals surface area contributed by atoms with E-state index in [2.05, 4.69) is 10.4 Å². The van der Waals surface area contributed by atoms with Gasteiger partial charge in [-0.1, -0.05) is 48.9 Å². The highest BCUT2D eigenvalue weighted by Gasteiger charge is 2.18. The Morgan fingerprint density at radius 3 is 2.48 bits per heavy atom. The van der Waals surface area contributed by atoms with Crippen LogP contribution >= 0.6 is 11.6 Å². The summed E-state index contributed by atoms with van der Waals surface area (Å²) in [4.78, 5) is 12.7. The molecular formula is C20H20ClN3O. The number of nitrogens with one attached hydrogen (secondary N) is 1. The molecule has 128 valence electrons.